The molecule has 0 saturated carbocycles. The zero-order valence-electron chi connectivity index (χ0n) is 15.1. The lowest BCUT2D eigenvalue weighted by molar-refractivity contribution is -0.118. The number of nitrogens with one attached hydrogen (secondary N) is 1. The van der Waals surface area contributed by atoms with Crippen LogP contribution in [0.2, 0.25) is 0 Å². The number of carbonyl (C=O) groups excluding carboxylic acids is 1. The molecule has 1 amide bonds. The Balaban J connectivity index is 1.76. The lowest BCUT2D eigenvalue weighted by atomic mass is 10.2. The van der Waals surface area contributed by atoms with Crippen molar-refractivity contribution in [2.45, 2.75) is 25.0 Å². The van der Waals surface area contributed by atoms with Gasteiger partial charge in [0.15, 0.2) is 5.16 Å². The van der Waals surface area contributed by atoms with Gasteiger partial charge >= 0.3 is 0 Å². The van der Waals surface area contributed by atoms with Crippen LogP contribution in [0.15, 0.2) is 35.5 Å². The SMILES string of the molecule is CCCNC(=O)CSc1nnc(N2CCOCC2)n1Cc1ccccc1. The van der Waals surface area contributed by atoms with Gasteiger partial charge in [-0.1, -0.05) is 49.0 Å². The fraction of sp³-hybridized carbons (Fsp3) is 0.500. The molecule has 2 aromatic rings. The van der Waals surface area contributed by atoms with Crippen molar-refractivity contribution in [1.29, 1.82) is 0 Å². The van der Waals surface area contributed by atoms with Crippen molar-refractivity contribution in [3.63, 3.8) is 0 Å². The predicted octanol–water partition coefficient (Wildman–Crippen LogP) is 1.78. The summed E-state index contributed by atoms with van der Waals surface area (Å²) in [7, 11) is 0. The van der Waals surface area contributed by atoms with E-state index in [2.05, 4.69) is 37.1 Å². The molecule has 0 bridgehead atoms. The number of carbonyl (C=O) groups is 1. The van der Waals surface area contributed by atoms with Gasteiger partial charge in [0.2, 0.25) is 11.9 Å². The number of hydrogen-bond donors (Lipinski definition) is 1. The zero-order valence-corrected chi connectivity index (χ0v) is 15.9. The first kappa shape index (κ1) is 18.7. The molecular weight excluding hydrogens is 350 g/mol. The average Bonchev–Trinajstić information content (AvgIpc) is 3.08. The zero-order chi connectivity index (χ0) is 18.2. The van der Waals surface area contributed by atoms with Gasteiger partial charge in [0.1, 0.15) is 0 Å². The Morgan fingerprint density at radius 3 is 2.73 bits per heavy atom. The number of anilines is 1. The van der Waals surface area contributed by atoms with Crippen LogP contribution in [0.5, 0.6) is 0 Å². The number of aromatic nitrogens is 3. The standard InChI is InChI=1S/C18H25N5O2S/c1-2-8-19-16(24)14-26-18-21-20-17(22-9-11-25-12-10-22)23(18)13-15-6-4-3-5-7-15/h3-7H,2,8-14H2,1H3,(H,19,24). The molecular formula is C18H25N5O2S. The molecule has 2 heterocycles. The molecule has 0 spiro atoms. The molecule has 0 atom stereocenters. The molecule has 1 N–H and O–H groups in total. The van der Waals surface area contributed by atoms with E-state index < -0.39 is 0 Å². The summed E-state index contributed by atoms with van der Waals surface area (Å²) in [5.41, 5.74) is 1.18. The van der Waals surface area contributed by atoms with Crippen LogP contribution >= 0.6 is 11.8 Å². The van der Waals surface area contributed by atoms with Gasteiger partial charge in [-0.3, -0.25) is 9.36 Å². The van der Waals surface area contributed by atoms with Gasteiger partial charge in [-0.05, 0) is 12.0 Å². The number of hydrogen-bond acceptors (Lipinski definition) is 6. The molecule has 7 nitrogen and oxygen atoms in total. The van der Waals surface area contributed by atoms with Gasteiger partial charge in [0, 0.05) is 19.6 Å². The first-order chi connectivity index (χ1) is 12.8. The largest absolute Gasteiger partial charge is 0.378 e. The minimum absolute atomic E-state index is 0.0269. The average molecular weight is 375 g/mol. The molecule has 1 aliphatic heterocycles. The molecule has 1 aromatic carbocycles. The Bertz CT molecular complexity index is 701. The van der Waals surface area contributed by atoms with Gasteiger partial charge < -0.3 is 15.0 Å². The topological polar surface area (TPSA) is 72.3 Å². The predicted molar refractivity (Wildman–Crippen MR) is 103 cm³/mol. The van der Waals surface area contributed by atoms with Crippen LogP contribution in [0.1, 0.15) is 18.9 Å². The normalized spacial score (nSPS) is 14.4. The number of nitrogens with zero attached hydrogens (tertiary/aromatic N) is 4. The van der Waals surface area contributed by atoms with E-state index in [0.29, 0.717) is 32.1 Å². The summed E-state index contributed by atoms with van der Waals surface area (Å²) in [5, 5.41) is 12.4. The van der Waals surface area contributed by atoms with Gasteiger partial charge in [-0.2, -0.15) is 0 Å². The van der Waals surface area contributed by atoms with E-state index in [1.807, 2.05) is 25.1 Å². The number of rotatable bonds is 8. The Kier molecular flexibility index (Phi) is 6.90. The molecule has 0 radical (unpaired) electrons. The Morgan fingerprint density at radius 1 is 1.23 bits per heavy atom. The highest BCUT2D eigenvalue weighted by atomic mass is 32.2. The van der Waals surface area contributed by atoms with Crippen LogP contribution in [0.25, 0.3) is 0 Å². The highest BCUT2D eigenvalue weighted by molar-refractivity contribution is 7.99. The third-order valence-corrected chi connectivity index (χ3v) is 5.05. The quantitative estimate of drug-likeness (QED) is 0.709. The van der Waals surface area contributed by atoms with Crippen molar-refractivity contribution in [3.05, 3.63) is 35.9 Å². The molecule has 1 aliphatic rings. The van der Waals surface area contributed by atoms with Gasteiger partial charge in [-0.25, -0.2) is 0 Å². The molecule has 1 saturated heterocycles. The van der Waals surface area contributed by atoms with Crippen molar-refractivity contribution in [2.24, 2.45) is 0 Å². The highest BCUT2D eigenvalue weighted by Gasteiger charge is 2.21. The molecule has 0 aliphatic carbocycles. The lowest BCUT2D eigenvalue weighted by Crippen LogP contribution is -2.38. The fourth-order valence-electron chi connectivity index (χ4n) is 2.73. The van der Waals surface area contributed by atoms with Crippen LogP contribution in [-0.4, -0.2) is 59.3 Å². The summed E-state index contributed by atoms with van der Waals surface area (Å²) in [5.74, 6) is 1.21. The van der Waals surface area contributed by atoms with Gasteiger partial charge in [0.25, 0.3) is 0 Å². The maximum atomic E-state index is 11.9. The summed E-state index contributed by atoms with van der Waals surface area (Å²) in [4.78, 5) is 14.1. The second-order valence-corrected chi connectivity index (χ2v) is 7.03. The van der Waals surface area contributed by atoms with Crippen molar-refractivity contribution >= 4 is 23.6 Å². The third kappa shape index (κ3) is 4.98. The van der Waals surface area contributed by atoms with Crippen molar-refractivity contribution in [3.8, 4) is 0 Å². The number of ether oxygens (including phenoxy) is 1. The van der Waals surface area contributed by atoms with E-state index in [0.717, 1.165) is 30.6 Å². The number of morpholine rings is 1. The van der Waals surface area contributed by atoms with E-state index in [-0.39, 0.29) is 5.91 Å². The van der Waals surface area contributed by atoms with Crippen LogP contribution in [0.4, 0.5) is 5.95 Å². The van der Waals surface area contributed by atoms with E-state index in [1.165, 1.54) is 17.3 Å². The molecule has 140 valence electrons. The van der Waals surface area contributed by atoms with Crippen LogP contribution in [-0.2, 0) is 16.1 Å². The minimum atomic E-state index is 0.0269. The maximum absolute atomic E-state index is 11.9. The Labute approximate surface area is 158 Å². The lowest BCUT2D eigenvalue weighted by Gasteiger charge is -2.28. The van der Waals surface area contributed by atoms with E-state index in [1.54, 1.807) is 0 Å². The van der Waals surface area contributed by atoms with Gasteiger partial charge in [-0.15, -0.1) is 10.2 Å². The smallest absolute Gasteiger partial charge is 0.230 e. The highest BCUT2D eigenvalue weighted by Crippen LogP contribution is 2.24. The summed E-state index contributed by atoms with van der Waals surface area (Å²) < 4.78 is 7.54. The molecule has 0 unspecified atom stereocenters. The first-order valence-electron chi connectivity index (χ1n) is 8.97. The van der Waals surface area contributed by atoms with Crippen molar-refractivity contribution in [1.82, 2.24) is 20.1 Å². The first-order valence-corrected chi connectivity index (χ1v) is 9.96. The minimum Gasteiger partial charge on any atom is -0.378 e. The molecule has 1 fully saturated rings. The molecule has 3 rings (SSSR count). The van der Waals surface area contributed by atoms with E-state index in [9.17, 15) is 4.79 Å². The Hall–Kier alpha value is -2.06. The van der Waals surface area contributed by atoms with E-state index >= 15 is 0 Å². The molecule has 26 heavy (non-hydrogen) atoms. The fourth-order valence-corrected chi connectivity index (χ4v) is 3.50. The maximum Gasteiger partial charge on any atom is 0.230 e. The summed E-state index contributed by atoms with van der Waals surface area (Å²) in [6.45, 7) is 6.41. The van der Waals surface area contributed by atoms with Crippen LogP contribution in [0, 0.1) is 0 Å². The third-order valence-electron chi connectivity index (χ3n) is 4.08. The van der Waals surface area contributed by atoms with Crippen molar-refractivity contribution < 1.29 is 9.53 Å². The number of thioether (sulfide) groups is 1. The summed E-state index contributed by atoms with van der Waals surface area (Å²) in [6, 6.07) is 10.2. The van der Waals surface area contributed by atoms with E-state index in [4.69, 9.17) is 4.74 Å². The van der Waals surface area contributed by atoms with Crippen molar-refractivity contribution in [2.75, 3.05) is 43.5 Å². The second-order valence-electron chi connectivity index (χ2n) is 6.09. The van der Waals surface area contributed by atoms with Crippen LogP contribution < -0.4 is 10.2 Å². The summed E-state index contributed by atoms with van der Waals surface area (Å²) in [6.07, 6.45) is 0.932. The number of benzene rings is 1. The van der Waals surface area contributed by atoms with Crippen LogP contribution in [0.3, 0.4) is 0 Å². The monoisotopic (exact) mass is 375 g/mol. The Morgan fingerprint density at radius 2 is 2.00 bits per heavy atom. The molecule has 1 aromatic heterocycles. The number of amides is 1. The molecule has 8 heteroatoms. The second kappa shape index (κ2) is 9.59. The summed E-state index contributed by atoms with van der Waals surface area (Å²) >= 11 is 1.43. The van der Waals surface area contributed by atoms with Gasteiger partial charge in [0.05, 0.1) is 25.5 Å².